The van der Waals surface area contributed by atoms with Gasteiger partial charge >= 0.3 is 0 Å². The molecule has 0 saturated carbocycles. The van der Waals surface area contributed by atoms with Gasteiger partial charge in [-0.1, -0.05) is 24.3 Å². The van der Waals surface area contributed by atoms with Gasteiger partial charge in [0.05, 0.1) is 19.3 Å². The standard InChI is InChI=1S/C20H23NO3/c1-3-24-19-7-5-4-6-18(19)20(22)21-13-12-16(14-21)15-8-10-17(23-2)11-9-15/h4-11,16H,3,12-14H2,1-2H3. The lowest BCUT2D eigenvalue weighted by Crippen LogP contribution is -2.28. The number of likely N-dealkylation sites (tertiary alicyclic amines) is 1. The van der Waals surface area contributed by atoms with Gasteiger partial charge in [0, 0.05) is 19.0 Å². The van der Waals surface area contributed by atoms with E-state index in [4.69, 9.17) is 9.47 Å². The molecule has 0 N–H and O–H groups in total. The molecule has 2 aromatic rings. The fourth-order valence-corrected chi connectivity index (χ4v) is 3.19. The second-order valence-corrected chi connectivity index (χ2v) is 5.94. The molecular formula is C20H23NO3. The molecule has 2 aromatic carbocycles. The van der Waals surface area contributed by atoms with Crippen LogP contribution in [0.15, 0.2) is 48.5 Å². The first-order valence-electron chi connectivity index (χ1n) is 8.38. The zero-order chi connectivity index (χ0) is 16.9. The molecular weight excluding hydrogens is 302 g/mol. The van der Waals surface area contributed by atoms with E-state index >= 15 is 0 Å². The van der Waals surface area contributed by atoms with E-state index in [2.05, 4.69) is 12.1 Å². The summed E-state index contributed by atoms with van der Waals surface area (Å²) >= 11 is 0. The lowest BCUT2D eigenvalue weighted by atomic mass is 9.98. The minimum Gasteiger partial charge on any atom is -0.497 e. The number of benzene rings is 2. The summed E-state index contributed by atoms with van der Waals surface area (Å²) in [6.45, 7) is 4.00. The fourth-order valence-electron chi connectivity index (χ4n) is 3.19. The highest BCUT2D eigenvalue weighted by Crippen LogP contribution is 2.30. The number of methoxy groups -OCH3 is 1. The Balaban J connectivity index is 1.72. The molecule has 3 rings (SSSR count). The van der Waals surface area contributed by atoms with Crippen molar-refractivity contribution in [3.8, 4) is 11.5 Å². The van der Waals surface area contributed by atoms with Gasteiger partial charge in [0.15, 0.2) is 0 Å². The predicted molar refractivity (Wildman–Crippen MR) is 93.9 cm³/mol. The highest BCUT2D eigenvalue weighted by Gasteiger charge is 2.29. The van der Waals surface area contributed by atoms with Crippen LogP contribution in [0.3, 0.4) is 0 Å². The van der Waals surface area contributed by atoms with Crippen molar-refractivity contribution in [2.75, 3.05) is 26.8 Å². The SMILES string of the molecule is CCOc1ccccc1C(=O)N1CCC(c2ccc(OC)cc2)C1. The van der Waals surface area contributed by atoms with Crippen LogP contribution in [0.1, 0.15) is 35.2 Å². The van der Waals surface area contributed by atoms with E-state index in [9.17, 15) is 4.79 Å². The lowest BCUT2D eigenvalue weighted by molar-refractivity contribution is 0.0786. The van der Waals surface area contributed by atoms with Crippen LogP contribution in [-0.4, -0.2) is 37.6 Å². The predicted octanol–water partition coefficient (Wildman–Crippen LogP) is 3.72. The Morgan fingerprint density at radius 2 is 1.92 bits per heavy atom. The molecule has 1 atom stereocenters. The third-order valence-electron chi connectivity index (χ3n) is 4.48. The topological polar surface area (TPSA) is 38.8 Å². The van der Waals surface area contributed by atoms with E-state index in [-0.39, 0.29) is 5.91 Å². The molecule has 1 fully saturated rings. The highest BCUT2D eigenvalue weighted by molar-refractivity contribution is 5.97. The van der Waals surface area contributed by atoms with Crippen molar-refractivity contribution in [2.24, 2.45) is 0 Å². The first-order chi connectivity index (χ1) is 11.7. The molecule has 1 aliphatic heterocycles. The minimum atomic E-state index is 0.0510. The van der Waals surface area contributed by atoms with Crippen molar-refractivity contribution >= 4 is 5.91 Å². The first-order valence-corrected chi connectivity index (χ1v) is 8.38. The molecule has 0 aromatic heterocycles. The van der Waals surface area contributed by atoms with Crippen molar-refractivity contribution in [3.05, 3.63) is 59.7 Å². The molecule has 1 heterocycles. The number of hydrogen-bond acceptors (Lipinski definition) is 3. The smallest absolute Gasteiger partial charge is 0.257 e. The molecule has 1 amide bonds. The maximum atomic E-state index is 12.8. The van der Waals surface area contributed by atoms with Gasteiger partial charge in [-0.15, -0.1) is 0 Å². The van der Waals surface area contributed by atoms with Crippen molar-refractivity contribution in [3.63, 3.8) is 0 Å². The van der Waals surface area contributed by atoms with Gasteiger partial charge < -0.3 is 14.4 Å². The molecule has 4 nitrogen and oxygen atoms in total. The number of amides is 1. The van der Waals surface area contributed by atoms with E-state index in [1.807, 2.05) is 48.2 Å². The van der Waals surface area contributed by atoms with Gasteiger partial charge in [0.1, 0.15) is 11.5 Å². The summed E-state index contributed by atoms with van der Waals surface area (Å²) in [5, 5.41) is 0. The van der Waals surface area contributed by atoms with Crippen LogP contribution in [0, 0.1) is 0 Å². The van der Waals surface area contributed by atoms with Crippen LogP contribution >= 0.6 is 0 Å². The average molecular weight is 325 g/mol. The fraction of sp³-hybridized carbons (Fsp3) is 0.350. The van der Waals surface area contributed by atoms with Gasteiger partial charge in [-0.05, 0) is 43.2 Å². The Kier molecular flexibility index (Phi) is 5.04. The second-order valence-electron chi connectivity index (χ2n) is 5.94. The van der Waals surface area contributed by atoms with Gasteiger partial charge in [0.25, 0.3) is 5.91 Å². The number of nitrogens with zero attached hydrogens (tertiary/aromatic N) is 1. The quantitative estimate of drug-likeness (QED) is 0.841. The number of carbonyl (C=O) groups is 1. The molecule has 0 radical (unpaired) electrons. The van der Waals surface area contributed by atoms with Crippen LogP contribution in [0.2, 0.25) is 0 Å². The van der Waals surface area contributed by atoms with Gasteiger partial charge in [-0.3, -0.25) is 4.79 Å². The van der Waals surface area contributed by atoms with E-state index in [0.717, 1.165) is 25.3 Å². The molecule has 1 saturated heterocycles. The largest absolute Gasteiger partial charge is 0.497 e. The number of para-hydroxylation sites is 1. The van der Waals surface area contributed by atoms with E-state index in [1.54, 1.807) is 7.11 Å². The summed E-state index contributed by atoms with van der Waals surface area (Å²) in [6.07, 6.45) is 0.981. The van der Waals surface area contributed by atoms with E-state index in [1.165, 1.54) is 5.56 Å². The Bertz CT molecular complexity index is 696. The molecule has 0 bridgehead atoms. The Hall–Kier alpha value is -2.49. The van der Waals surface area contributed by atoms with E-state index in [0.29, 0.717) is 23.8 Å². The Morgan fingerprint density at radius 3 is 2.62 bits per heavy atom. The van der Waals surface area contributed by atoms with Gasteiger partial charge in [0.2, 0.25) is 0 Å². The van der Waals surface area contributed by atoms with Crippen LogP contribution in [0.25, 0.3) is 0 Å². The molecule has 126 valence electrons. The van der Waals surface area contributed by atoms with Crippen LogP contribution < -0.4 is 9.47 Å². The van der Waals surface area contributed by atoms with Crippen LogP contribution in [0.5, 0.6) is 11.5 Å². The van der Waals surface area contributed by atoms with Crippen LogP contribution in [-0.2, 0) is 0 Å². The third kappa shape index (κ3) is 3.37. The molecule has 0 spiro atoms. The minimum absolute atomic E-state index is 0.0510. The summed E-state index contributed by atoms with van der Waals surface area (Å²) in [5.74, 6) is 1.95. The van der Waals surface area contributed by atoms with Crippen molar-refractivity contribution in [1.29, 1.82) is 0 Å². The van der Waals surface area contributed by atoms with Crippen molar-refractivity contribution < 1.29 is 14.3 Å². The summed E-state index contributed by atoms with van der Waals surface area (Å²) in [4.78, 5) is 14.8. The number of rotatable bonds is 5. The Labute approximate surface area is 143 Å². The number of hydrogen-bond donors (Lipinski definition) is 0. The maximum absolute atomic E-state index is 12.8. The van der Waals surface area contributed by atoms with Crippen LogP contribution in [0.4, 0.5) is 0 Å². The van der Waals surface area contributed by atoms with E-state index < -0.39 is 0 Å². The summed E-state index contributed by atoms with van der Waals surface area (Å²) in [5.41, 5.74) is 1.90. The molecule has 0 aliphatic carbocycles. The highest BCUT2D eigenvalue weighted by atomic mass is 16.5. The summed E-state index contributed by atoms with van der Waals surface area (Å²) < 4.78 is 10.8. The Morgan fingerprint density at radius 1 is 1.17 bits per heavy atom. The first kappa shape index (κ1) is 16.4. The lowest BCUT2D eigenvalue weighted by Gasteiger charge is -2.18. The summed E-state index contributed by atoms with van der Waals surface area (Å²) in [7, 11) is 1.67. The van der Waals surface area contributed by atoms with Gasteiger partial charge in [-0.2, -0.15) is 0 Å². The molecule has 24 heavy (non-hydrogen) atoms. The van der Waals surface area contributed by atoms with Crippen molar-refractivity contribution in [1.82, 2.24) is 4.90 Å². The molecule has 1 aliphatic rings. The normalized spacial score (nSPS) is 16.9. The zero-order valence-corrected chi connectivity index (χ0v) is 14.2. The monoisotopic (exact) mass is 325 g/mol. The molecule has 4 heteroatoms. The number of carbonyl (C=O) groups excluding carboxylic acids is 1. The third-order valence-corrected chi connectivity index (χ3v) is 4.48. The average Bonchev–Trinajstić information content (AvgIpc) is 3.12. The number of ether oxygens (including phenoxy) is 2. The van der Waals surface area contributed by atoms with Gasteiger partial charge in [-0.25, -0.2) is 0 Å². The van der Waals surface area contributed by atoms with Crippen molar-refractivity contribution in [2.45, 2.75) is 19.3 Å². The second kappa shape index (κ2) is 7.39. The maximum Gasteiger partial charge on any atom is 0.257 e. The summed E-state index contributed by atoms with van der Waals surface area (Å²) in [6, 6.07) is 15.6. The zero-order valence-electron chi connectivity index (χ0n) is 14.2. The molecule has 1 unspecified atom stereocenters.